The van der Waals surface area contributed by atoms with E-state index in [9.17, 15) is 13.6 Å². The van der Waals surface area contributed by atoms with E-state index in [1.165, 1.54) is 30.2 Å². The van der Waals surface area contributed by atoms with Gasteiger partial charge in [0.25, 0.3) is 0 Å². The zero-order valence-corrected chi connectivity index (χ0v) is 20.4. The molecule has 0 fully saturated rings. The van der Waals surface area contributed by atoms with Gasteiger partial charge >= 0.3 is 0 Å². The molecule has 5 nitrogen and oxygen atoms in total. The number of carbonyl (C=O) groups is 1. The molecule has 2 N–H and O–H groups in total. The molecule has 0 radical (unpaired) electrons. The molecule has 182 valence electrons. The van der Waals surface area contributed by atoms with Gasteiger partial charge < -0.3 is 20.1 Å². The molecule has 1 atom stereocenters. The molecular formula is C26H36F2N2O3. The fourth-order valence-electron chi connectivity index (χ4n) is 3.67. The molecule has 0 saturated carbocycles. The first-order valence-electron chi connectivity index (χ1n) is 11.3. The summed E-state index contributed by atoms with van der Waals surface area (Å²) in [5.74, 6) is -0.134. The van der Waals surface area contributed by atoms with Crippen LogP contribution in [0.15, 0.2) is 36.4 Å². The molecule has 2 aromatic carbocycles. The van der Waals surface area contributed by atoms with E-state index in [4.69, 9.17) is 9.47 Å². The fraction of sp³-hybridized carbons (Fsp3) is 0.500. The Labute approximate surface area is 195 Å². The number of ether oxygens (including phenoxy) is 2. The second kappa shape index (κ2) is 12.1. The summed E-state index contributed by atoms with van der Waals surface area (Å²) >= 11 is 0. The highest BCUT2D eigenvalue weighted by Crippen LogP contribution is 2.38. The number of nitrogens with one attached hydrogen (secondary N) is 2. The normalized spacial score (nSPS) is 16.5. The average molecular weight is 463 g/mol. The Balaban J connectivity index is 0.000000357. The van der Waals surface area contributed by atoms with Gasteiger partial charge in [0.2, 0.25) is 5.91 Å². The zero-order chi connectivity index (χ0) is 24.6. The number of rotatable bonds is 7. The number of aryl methyl sites for hydroxylation is 1. The highest BCUT2D eigenvalue weighted by atomic mass is 19.1. The van der Waals surface area contributed by atoms with Crippen molar-refractivity contribution in [2.24, 2.45) is 0 Å². The average Bonchev–Trinajstić information content (AvgIpc) is 2.68. The highest BCUT2D eigenvalue weighted by molar-refractivity contribution is 5.72. The number of amides is 1. The van der Waals surface area contributed by atoms with Crippen molar-refractivity contribution in [2.75, 3.05) is 19.7 Å². The maximum absolute atomic E-state index is 12.2. The van der Waals surface area contributed by atoms with E-state index in [0.717, 1.165) is 24.8 Å². The molecular weight excluding hydrogens is 426 g/mol. The summed E-state index contributed by atoms with van der Waals surface area (Å²) < 4.78 is 36.3. The van der Waals surface area contributed by atoms with Crippen molar-refractivity contribution in [3.63, 3.8) is 0 Å². The Morgan fingerprint density at radius 1 is 1.15 bits per heavy atom. The molecule has 0 bridgehead atoms. The molecule has 1 amide bonds. The van der Waals surface area contributed by atoms with E-state index >= 15 is 0 Å². The first-order valence-corrected chi connectivity index (χ1v) is 11.3. The van der Waals surface area contributed by atoms with Crippen molar-refractivity contribution in [1.82, 2.24) is 10.6 Å². The number of fused-ring (bicyclic) bond motifs is 1. The number of hydrogen-bond donors (Lipinski definition) is 2. The Bertz CT molecular complexity index is 881. The molecule has 0 aromatic heterocycles. The molecule has 3 rings (SSSR count). The third-order valence-electron chi connectivity index (χ3n) is 5.15. The summed E-state index contributed by atoms with van der Waals surface area (Å²) in [4.78, 5) is 10.9. The van der Waals surface area contributed by atoms with E-state index in [2.05, 4.69) is 36.6 Å². The van der Waals surface area contributed by atoms with E-state index in [1.807, 2.05) is 19.9 Å². The Hall–Kier alpha value is -2.51. The molecule has 2 aromatic rings. The number of carbonyl (C=O) groups excluding carboxylic acids is 1. The highest BCUT2D eigenvalue weighted by Gasteiger charge is 2.33. The third-order valence-corrected chi connectivity index (χ3v) is 5.15. The van der Waals surface area contributed by atoms with Crippen LogP contribution in [0.3, 0.4) is 0 Å². The maximum Gasteiger partial charge on any atom is 0.216 e. The fourth-order valence-corrected chi connectivity index (χ4v) is 3.67. The third kappa shape index (κ3) is 8.74. The molecule has 0 saturated heterocycles. The van der Waals surface area contributed by atoms with Crippen molar-refractivity contribution >= 4 is 5.91 Å². The first kappa shape index (κ1) is 26.7. The minimum Gasteiger partial charge on any atom is -0.491 e. The van der Waals surface area contributed by atoms with E-state index in [1.54, 1.807) is 6.92 Å². The molecule has 1 aliphatic heterocycles. The van der Waals surface area contributed by atoms with Gasteiger partial charge in [-0.3, -0.25) is 4.79 Å². The van der Waals surface area contributed by atoms with Crippen LogP contribution in [0.5, 0.6) is 5.75 Å². The summed E-state index contributed by atoms with van der Waals surface area (Å²) in [6, 6.07) is 9.81. The molecule has 7 heteroatoms. The Kier molecular flexibility index (Phi) is 9.80. The molecule has 1 aliphatic rings. The lowest BCUT2D eigenvalue weighted by Crippen LogP contribution is -2.38. The lowest BCUT2D eigenvalue weighted by Gasteiger charge is -2.38. The van der Waals surface area contributed by atoms with Crippen molar-refractivity contribution in [2.45, 2.75) is 65.7 Å². The van der Waals surface area contributed by atoms with Crippen LogP contribution in [0.1, 0.15) is 63.8 Å². The second-order valence-corrected chi connectivity index (χ2v) is 9.03. The van der Waals surface area contributed by atoms with Crippen LogP contribution in [0.25, 0.3) is 0 Å². The van der Waals surface area contributed by atoms with E-state index in [0.29, 0.717) is 18.7 Å². The lowest BCUT2D eigenvalue weighted by molar-refractivity contribution is -0.118. The summed E-state index contributed by atoms with van der Waals surface area (Å²) in [5, 5.41) is 6.35. The van der Waals surface area contributed by atoms with Gasteiger partial charge in [0.1, 0.15) is 17.4 Å². The standard InChI is InChI=1S/C19H30N2O3.C7H6F2/c1-13(2)24-15-7-8-17-16(11-15)18(12-23-19(17,4)5)21-10-6-9-20-14(3)22;1-5-2-6(8)4-7(9)3-5/h7-8,11,13,18,21H,6,9-10,12H2,1-5H3,(H,20,22);2-4H,1H3. The van der Waals surface area contributed by atoms with Gasteiger partial charge in [0.05, 0.1) is 24.4 Å². The van der Waals surface area contributed by atoms with Gasteiger partial charge in [-0.2, -0.15) is 0 Å². The van der Waals surface area contributed by atoms with Crippen LogP contribution >= 0.6 is 0 Å². The van der Waals surface area contributed by atoms with Crippen LogP contribution < -0.4 is 15.4 Å². The van der Waals surface area contributed by atoms with Gasteiger partial charge in [-0.15, -0.1) is 0 Å². The molecule has 33 heavy (non-hydrogen) atoms. The van der Waals surface area contributed by atoms with Gasteiger partial charge in [-0.05, 0) is 88.5 Å². The summed E-state index contributed by atoms with van der Waals surface area (Å²) in [7, 11) is 0. The van der Waals surface area contributed by atoms with E-state index < -0.39 is 11.6 Å². The minimum absolute atomic E-state index is 0.0126. The number of hydrogen-bond acceptors (Lipinski definition) is 4. The topological polar surface area (TPSA) is 59.6 Å². The summed E-state index contributed by atoms with van der Waals surface area (Å²) in [6.45, 7) is 13.6. The Morgan fingerprint density at radius 2 is 1.82 bits per heavy atom. The van der Waals surface area contributed by atoms with Gasteiger partial charge in [0, 0.05) is 19.5 Å². The first-order chi connectivity index (χ1) is 15.5. The van der Waals surface area contributed by atoms with Crippen molar-refractivity contribution in [1.29, 1.82) is 0 Å². The lowest BCUT2D eigenvalue weighted by atomic mass is 9.86. The van der Waals surface area contributed by atoms with Crippen molar-refractivity contribution < 1.29 is 23.0 Å². The second-order valence-electron chi connectivity index (χ2n) is 9.03. The van der Waals surface area contributed by atoms with Crippen LogP contribution in [0, 0.1) is 18.6 Å². The molecule has 1 unspecified atom stereocenters. The summed E-state index contributed by atoms with van der Waals surface area (Å²) in [5.41, 5.74) is 2.75. The van der Waals surface area contributed by atoms with Gasteiger partial charge in [-0.25, -0.2) is 8.78 Å². The van der Waals surface area contributed by atoms with Crippen LogP contribution in [-0.4, -0.2) is 31.7 Å². The smallest absolute Gasteiger partial charge is 0.216 e. The monoisotopic (exact) mass is 462 g/mol. The molecule has 1 heterocycles. The molecule has 0 aliphatic carbocycles. The predicted molar refractivity (Wildman–Crippen MR) is 126 cm³/mol. The minimum atomic E-state index is -0.521. The van der Waals surface area contributed by atoms with Gasteiger partial charge in [0.15, 0.2) is 0 Å². The van der Waals surface area contributed by atoms with Gasteiger partial charge in [-0.1, -0.05) is 6.07 Å². The van der Waals surface area contributed by atoms with Crippen LogP contribution in [0.4, 0.5) is 8.78 Å². The quantitative estimate of drug-likeness (QED) is 0.558. The van der Waals surface area contributed by atoms with Crippen molar-refractivity contribution in [3.05, 3.63) is 64.7 Å². The van der Waals surface area contributed by atoms with Crippen LogP contribution in [0.2, 0.25) is 0 Å². The summed E-state index contributed by atoms with van der Waals surface area (Å²) in [6.07, 6.45) is 1.04. The SMILES string of the molecule is CC(=O)NCCCNC1COC(C)(C)c2ccc(OC(C)C)cc21.Cc1cc(F)cc(F)c1. The Morgan fingerprint density at radius 3 is 2.39 bits per heavy atom. The van der Waals surface area contributed by atoms with Crippen molar-refractivity contribution in [3.8, 4) is 5.75 Å². The maximum atomic E-state index is 12.2. The van der Waals surface area contributed by atoms with Crippen LogP contribution in [-0.2, 0) is 15.1 Å². The van der Waals surface area contributed by atoms with E-state index in [-0.39, 0.29) is 23.7 Å². The largest absolute Gasteiger partial charge is 0.491 e. The number of halogens is 2. The predicted octanol–water partition coefficient (Wildman–Crippen LogP) is 5.17. The number of benzene rings is 2. The zero-order valence-electron chi connectivity index (χ0n) is 20.4. The molecule has 0 spiro atoms.